The number of ether oxygens (including phenoxy) is 1. The molecular weight excluding hydrogens is 240 g/mol. The van der Waals surface area contributed by atoms with Gasteiger partial charge in [-0.25, -0.2) is 4.79 Å². The first-order chi connectivity index (χ1) is 8.97. The summed E-state index contributed by atoms with van der Waals surface area (Å²) < 4.78 is 5.60. The maximum atomic E-state index is 12.2. The molecule has 19 heavy (non-hydrogen) atoms. The van der Waals surface area contributed by atoms with Crippen LogP contribution >= 0.6 is 0 Å². The number of anilines is 1. The number of nitrogens with zero attached hydrogens (tertiary/aromatic N) is 1. The number of pyridine rings is 1. The Labute approximate surface area is 114 Å². The van der Waals surface area contributed by atoms with Crippen molar-refractivity contribution in [3.8, 4) is 0 Å². The zero-order valence-corrected chi connectivity index (χ0v) is 11.8. The Bertz CT molecular complexity index is 473. The van der Waals surface area contributed by atoms with E-state index in [1.807, 2.05) is 0 Å². The molecule has 1 heterocycles. The van der Waals surface area contributed by atoms with Gasteiger partial charge in [-0.1, -0.05) is 13.8 Å². The zero-order chi connectivity index (χ0) is 14.0. The highest BCUT2D eigenvalue weighted by Crippen LogP contribution is 2.31. The molecular formula is C15H22N2O2. The van der Waals surface area contributed by atoms with Gasteiger partial charge in [-0.2, -0.15) is 0 Å². The van der Waals surface area contributed by atoms with E-state index in [0.717, 1.165) is 19.3 Å². The average Bonchev–Trinajstić information content (AvgIpc) is 2.36. The number of rotatable bonds is 2. The molecule has 4 nitrogen and oxygen atoms in total. The summed E-state index contributed by atoms with van der Waals surface area (Å²) in [7, 11) is 0. The largest absolute Gasteiger partial charge is 0.459 e. The van der Waals surface area contributed by atoms with Crippen LogP contribution in [0.5, 0.6) is 0 Å². The van der Waals surface area contributed by atoms with Crippen molar-refractivity contribution in [3.63, 3.8) is 0 Å². The minimum Gasteiger partial charge on any atom is -0.459 e. The maximum absolute atomic E-state index is 12.2. The summed E-state index contributed by atoms with van der Waals surface area (Å²) in [5, 5.41) is 0. The molecule has 0 radical (unpaired) electrons. The normalized spacial score (nSPS) is 27.0. The van der Waals surface area contributed by atoms with Crippen LogP contribution in [0.25, 0.3) is 0 Å². The number of carbonyl (C=O) groups excluding carboxylic acids is 1. The topological polar surface area (TPSA) is 65.2 Å². The number of esters is 1. The summed E-state index contributed by atoms with van der Waals surface area (Å²) in [6.45, 7) is 6.27. The van der Waals surface area contributed by atoms with Gasteiger partial charge in [0.25, 0.3) is 0 Å². The number of aromatic nitrogens is 1. The Hall–Kier alpha value is -1.58. The first-order valence-electron chi connectivity index (χ1n) is 6.90. The highest BCUT2D eigenvalue weighted by Gasteiger charge is 2.27. The molecule has 1 aromatic heterocycles. The average molecular weight is 262 g/mol. The molecule has 1 aromatic rings. The summed E-state index contributed by atoms with van der Waals surface area (Å²) in [5.74, 6) is 1.02. The van der Waals surface area contributed by atoms with Crippen LogP contribution in [0.15, 0.2) is 12.3 Å². The fourth-order valence-corrected chi connectivity index (χ4v) is 2.58. The molecule has 0 bridgehead atoms. The molecule has 2 rings (SSSR count). The van der Waals surface area contributed by atoms with Gasteiger partial charge in [0.2, 0.25) is 0 Å². The molecule has 1 fully saturated rings. The van der Waals surface area contributed by atoms with E-state index >= 15 is 0 Å². The van der Waals surface area contributed by atoms with Gasteiger partial charge in [-0.3, -0.25) is 4.98 Å². The van der Waals surface area contributed by atoms with Crippen LogP contribution in [0.4, 0.5) is 5.69 Å². The molecule has 0 saturated heterocycles. The fraction of sp³-hybridized carbons (Fsp3) is 0.600. The van der Waals surface area contributed by atoms with Crippen molar-refractivity contribution in [3.05, 3.63) is 23.5 Å². The SMILES string of the molecule is Cc1ncc(N)cc1C(=O)OC1CCC(C)C(C)C1. The van der Waals surface area contributed by atoms with E-state index in [2.05, 4.69) is 18.8 Å². The molecule has 1 aliphatic rings. The lowest BCUT2D eigenvalue weighted by molar-refractivity contribution is 0.00867. The van der Waals surface area contributed by atoms with Crippen molar-refractivity contribution >= 4 is 11.7 Å². The third kappa shape index (κ3) is 3.25. The minimum atomic E-state index is -0.302. The van der Waals surface area contributed by atoms with E-state index in [1.165, 1.54) is 0 Å². The predicted molar refractivity (Wildman–Crippen MR) is 74.8 cm³/mol. The number of hydrogen-bond donors (Lipinski definition) is 1. The second-order valence-corrected chi connectivity index (χ2v) is 5.70. The number of nitrogens with two attached hydrogens (primary N) is 1. The van der Waals surface area contributed by atoms with Crippen molar-refractivity contribution in [2.45, 2.75) is 46.1 Å². The van der Waals surface area contributed by atoms with Gasteiger partial charge in [-0.15, -0.1) is 0 Å². The van der Waals surface area contributed by atoms with E-state index in [-0.39, 0.29) is 12.1 Å². The molecule has 1 aliphatic carbocycles. The van der Waals surface area contributed by atoms with Crippen LogP contribution in [0.2, 0.25) is 0 Å². The van der Waals surface area contributed by atoms with Crippen LogP contribution in [0.1, 0.15) is 49.2 Å². The van der Waals surface area contributed by atoms with Crippen LogP contribution in [0.3, 0.4) is 0 Å². The Kier molecular flexibility index (Phi) is 4.08. The summed E-state index contributed by atoms with van der Waals surface area (Å²) in [6.07, 6.45) is 4.59. The lowest BCUT2D eigenvalue weighted by Gasteiger charge is -2.31. The second kappa shape index (κ2) is 5.59. The quantitative estimate of drug-likeness (QED) is 0.832. The van der Waals surface area contributed by atoms with Crippen molar-refractivity contribution in [1.82, 2.24) is 4.98 Å². The highest BCUT2D eigenvalue weighted by molar-refractivity contribution is 5.91. The number of nitrogen functional groups attached to an aromatic ring is 1. The molecule has 3 atom stereocenters. The minimum absolute atomic E-state index is 0.0273. The Morgan fingerprint density at radius 3 is 2.79 bits per heavy atom. The fourth-order valence-electron chi connectivity index (χ4n) is 2.58. The molecule has 104 valence electrons. The Balaban J connectivity index is 2.03. The smallest absolute Gasteiger partial charge is 0.340 e. The first kappa shape index (κ1) is 13.8. The van der Waals surface area contributed by atoms with E-state index in [9.17, 15) is 4.79 Å². The van der Waals surface area contributed by atoms with Gasteiger partial charge in [0, 0.05) is 0 Å². The van der Waals surface area contributed by atoms with Crippen LogP contribution < -0.4 is 5.73 Å². The lowest BCUT2D eigenvalue weighted by atomic mass is 9.80. The summed E-state index contributed by atoms with van der Waals surface area (Å²) in [5.41, 5.74) is 7.30. The van der Waals surface area contributed by atoms with Crippen molar-refractivity contribution in [1.29, 1.82) is 0 Å². The number of hydrogen-bond acceptors (Lipinski definition) is 4. The van der Waals surface area contributed by atoms with Crippen molar-refractivity contribution < 1.29 is 9.53 Å². The predicted octanol–water partition coefficient (Wildman–Crippen LogP) is 2.95. The Morgan fingerprint density at radius 1 is 1.37 bits per heavy atom. The molecule has 0 amide bonds. The van der Waals surface area contributed by atoms with Gasteiger partial charge < -0.3 is 10.5 Å². The molecule has 0 aliphatic heterocycles. The molecule has 4 heteroatoms. The Morgan fingerprint density at radius 2 is 2.11 bits per heavy atom. The number of aryl methyl sites for hydroxylation is 1. The van der Waals surface area contributed by atoms with Gasteiger partial charge in [0.15, 0.2) is 0 Å². The monoisotopic (exact) mass is 262 g/mol. The van der Waals surface area contributed by atoms with Gasteiger partial charge >= 0.3 is 5.97 Å². The van der Waals surface area contributed by atoms with Crippen LogP contribution in [-0.4, -0.2) is 17.1 Å². The molecule has 0 spiro atoms. The molecule has 2 N–H and O–H groups in total. The van der Waals surface area contributed by atoms with Crippen molar-refractivity contribution in [2.75, 3.05) is 5.73 Å². The summed E-state index contributed by atoms with van der Waals surface area (Å²) >= 11 is 0. The number of carbonyl (C=O) groups is 1. The second-order valence-electron chi connectivity index (χ2n) is 5.70. The highest BCUT2D eigenvalue weighted by atomic mass is 16.5. The third-order valence-electron chi connectivity index (χ3n) is 4.15. The molecule has 1 saturated carbocycles. The van der Waals surface area contributed by atoms with Crippen LogP contribution in [0, 0.1) is 18.8 Å². The third-order valence-corrected chi connectivity index (χ3v) is 4.15. The molecule has 0 aromatic carbocycles. The van der Waals surface area contributed by atoms with Crippen molar-refractivity contribution in [2.24, 2.45) is 11.8 Å². The van der Waals surface area contributed by atoms with Crippen LogP contribution in [-0.2, 0) is 4.74 Å². The molecule has 3 unspecified atom stereocenters. The summed E-state index contributed by atoms with van der Waals surface area (Å²) in [6, 6.07) is 1.64. The van der Waals surface area contributed by atoms with E-state index in [0.29, 0.717) is 28.8 Å². The first-order valence-corrected chi connectivity index (χ1v) is 6.90. The van der Waals surface area contributed by atoms with Gasteiger partial charge in [-0.05, 0) is 44.1 Å². The maximum Gasteiger partial charge on any atom is 0.340 e. The van der Waals surface area contributed by atoms with E-state index in [1.54, 1.807) is 19.2 Å². The van der Waals surface area contributed by atoms with E-state index < -0.39 is 0 Å². The van der Waals surface area contributed by atoms with Gasteiger partial charge in [0.05, 0.1) is 23.1 Å². The lowest BCUT2D eigenvalue weighted by Crippen LogP contribution is -2.29. The zero-order valence-electron chi connectivity index (χ0n) is 11.8. The van der Waals surface area contributed by atoms with E-state index in [4.69, 9.17) is 10.5 Å². The standard InChI is InChI=1S/C15H22N2O2/c1-9-4-5-13(6-10(9)2)19-15(18)14-7-12(16)8-17-11(14)3/h7-10,13H,4-6,16H2,1-3H3. The summed E-state index contributed by atoms with van der Waals surface area (Å²) in [4.78, 5) is 16.3. The van der Waals surface area contributed by atoms with Gasteiger partial charge in [0.1, 0.15) is 6.10 Å².